The number of nitrogens with zero attached hydrogens (tertiary/aromatic N) is 1. The van der Waals surface area contributed by atoms with Gasteiger partial charge in [-0.1, -0.05) is 23.4 Å². The number of carbonyl (C=O) groups is 1. The van der Waals surface area contributed by atoms with Gasteiger partial charge in [0.2, 0.25) is 5.91 Å². The minimum Gasteiger partial charge on any atom is -0.409 e. The first kappa shape index (κ1) is 14.9. The van der Waals surface area contributed by atoms with Crippen LogP contribution in [-0.4, -0.2) is 17.0 Å². The number of hydrogen-bond acceptors (Lipinski definition) is 3. The molecule has 0 saturated heterocycles. The number of rotatable bonds is 4. The molecule has 0 spiro atoms. The third-order valence-corrected chi connectivity index (χ3v) is 3.04. The standard InChI is InChI=1S/C13H18FN3O2/c1-8(9-6-4-5-7-10(9)14)16-12(18)13(2,3)11(15)17-19/h4-8,19H,1-3H3,(H2,15,17)(H,16,18). The average Bonchev–Trinajstić information content (AvgIpc) is 2.37. The Hall–Kier alpha value is -2.11. The Morgan fingerprint density at radius 2 is 2.05 bits per heavy atom. The Bertz CT molecular complexity index is 500. The Morgan fingerprint density at radius 3 is 2.58 bits per heavy atom. The van der Waals surface area contributed by atoms with Crippen molar-refractivity contribution in [2.45, 2.75) is 26.8 Å². The third kappa shape index (κ3) is 3.21. The van der Waals surface area contributed by atoms with Gasteiger partial charge in [0.15, 0.2) is 5.84 Å². The van der Waals surface area contributed by atoms with Gasteiger partial charge in [-0.3, -0.25) is 4.79 Å². The Kier molecular flexibility index (Phi) is 4.47. The lowest BCUT2D eigenvalue weighted by molar-refractivity contribution is -0.127. The molecule has 1 amide bonds. The van der Waals surface area contributed by atoms with Crippen molar-refractivity contribution in [3.63, 3.8) is 0 Å². The average molecular weight is 267 g/mol. The van der Waals surface area contributed by atoms with Crippen LogP contribution >= 0.6 is 0 Å². The number of halogens is 1. The quantitative estimate of drug-likeness (QED) is 0.336. The number of nitrogens with one attached hydrogen (secondary N) is 1. The fraction of sp³-hybridized carbons (Fsp3) is 0.385. The van der Waals surface area contributed by atoms with Crippen LogP contribution in [0.4, 0.5) is 4.39 Å². The first-order valence-corrected chi connectivity index (χ1v) is 5.84. The van der Waals surface area contributed by atoms with E-state index in [0.717, 1.165) is 0 Å². The second-order valence-corrected chi connectivity index (χ2v) is 4.83. The van der Waals surface area contributed by atoms with Gasteiger partial charge >= 0.3 is 0 Å². The van der Waals surface area contributed by atoms with Crippen LogP contribution in [0.25, 0.3) is 0 Å². The second kappa shape index (κ2) is 5.69. The molecule has 4 N–H and O–H groups in total. The molecule has 1 unspecified atom stereocenters. The zero-order chi connectivity index (χ0) is 14.6. The Morgan fingerprint density at radius 1 is 1.47 bits per heavy atom. The van der Waals surface area contributed by atoms with Crippen molar-refractivity contribution in [2.24, 2.45) is 16.3 Å². The summed E-state index contributed by atoms with van der Waals surface area (Å²) in [5, 5.41) is 14.1. The third-order valence-electron chi connectivity index (χ3n) is 3.04. The summed E-state index contributed by atoms with van der Waals surface area (Å²) in [7, 11) is 0. The predicted molar refractivity (Wildman–Crippen MR) is 70.1 cm³/mol. The van der Waals surface area contributed by atoms with E-state index in [4.69, 9.17) is 10.9 Å². The van der Waals surface area contributed by atoms with Crippen LogP contribution < -0.4 is 11.1 Å². The molecule has 0 saturated carbocycles. The van der Waals surface area contributed by atoms with E-state index in [2.05, 4.69) is 10.5 Å². The van der Waals surface area contributed by atoms with E-state index in [-0.39, 0.29) is 5.84 Å². The summed E-state index contributed by atoms with van der Waals surface area (Å²) >= 11 is 0. The van der Waals surface area contributed by atoms with E-state index >= 15 is 0 Å². The fourth-order valence-corrected chi connectivity index (χ4v) is 1.52. The molecule has 1 aromatic rings. The van der Waals surface area contributed by atoms with E-state index < -0.39 is 23.2 Å². The molecular weight excluding hydrogens is 249 g/mol. The highest BCUT2D eigenvalue weighted by Crippen LogP contribution is 2.20. The van der Waals surface area contributed by atoms with Gasteiger partial charge in [-0.2, -0.15) is 0 Å². The molecule has 0 bridgehead atoms. The lowest BCUT2D eigenvalue weighted by atomic mass is 9.90. The number of carbonyl (C=O) groups excluding carboxylic acids is 1. The second-order valence-electron chi connectivity index (χ2n) is 4.83. The molecule has 0 aliphatic carbocycles. The van der Waals surface area contributed by atoms with Crippen molar-refractivity contribution < 1.29 is 14.4 Å². The first-order valence-electron chi connectivity index (χ1n) is 5.84. The van der Waals surface area contributed by atoms with Crippen LogP contribution in [0.15, 0.2) is 29.4 Å². The van der Waals surface area contributed by atoms with Gasteiger partial charge in [-0.25, -0.2) is 4.39 Å². The molecule has 1 rings (SSSR count). The molecule has 19 heavy (non-hydrogen) atoms. The van der Waals surface area contributed by atoms with Gasteiger partial charge in [0.05, 0.1) is 6.04 Å². The molecule has 1 atom stereocenters. The summed E-state index contributed by atoms with van der Waals surface area (Å²) in [4.78, 5) is 12.1. The van der Waals surface area contributed by atoms with Crippen molar-refractivity contribution in [1.29, 1.82) is 0 Å². The highest BCUT2D eigenvalue weighted by Gasteiger charge is 2.33. The summed E-state index contributed by atoms with van der Waals surface area (Å²) in [5.41, 5.74) is 4.67. The van der Waals surface area contributed by atoms with Crippen LogP contribution in [0, 0.1) is 11.2 Å². The minimum atomic E-state index is -1.17. The summed E-state index contributed by atoms with van der Waals surface area (Å²) in [6, 6.07) is 5.67. The highest BCUT2D eigenvalue weighted by molar-refractivity contribution is 6.05. The van der Waals surface area contributed by atoms with Crippen molar-refractivity contribution >= 4 is 11.7 Å². The van der Waals surface area contributed by atoms with Gasteiger partial charge in [0, 0.05) is 5.56 Å². The number of benzene rings is 1. The van der Waals surface area contributed by atoms with Crippen molar-refractivity contribution in [3.05, 3.63) is 35.6 Å². The zero-order valence-corrected chi connectivity index (χ0v) is 11.1. The lowest BCUT2D eigenvalue weighted by Crippen LogP contribution is -2.46. The van der Waals surface area contributed by atoms with E-state index in [1.54, 1.807) is 25.1 Å². The zero-order valence-electron chi connectivity index (χ0n) is 11.1. The van der Waals surface area contributed by atoms with Crippen LogP contribution in [-0.2, 0) is 4.79 Å². The van der Waals surface area contributed by atoms with Crippen molar-refractivity contribution in [1.82, 2.24) is 5.32 Å². The van der Waals surface area contributed by atoms with Crippen LogP contribution in [0.5, 0.6) is 0 Å². The maximum Gasteiger partial charge on any atom is 0.233 e. The van der Waals surface area contributed by atoms with E-state index in [9.17, 15) is 9.18 Å². The minimum absolute atomic E-state index is 0.203. The van der Waals surface area contributed by atoms with Gasteiger partial charge < -0.3 is 16.3 Å². The Balaban J connectivity index is 2.86. The smallest absolute Gasteiger partial charge is 0.233 e. The summed E-state index contributed by atoms with van der Waals surface area (Å²) < 4.78 is 13.6. The first-order chi connectivity index (χ1) is 8.80. The molecule has 0 radical (unpaired) electrons. The maximum atomic E-state index is 13.6. The van der Waals surface area contributed by atoms with E-state index in [1.165, 1.54) is 19.9 Å². The molecule has 0 aliphatic rings. The molecule has 5 nitrogen and oxygen atoms in total. The molecule has 0 heterocycles. The molecule has 6 heteroatoms. The number of amides is 1. The predicted octanol–water partition coefficient (Wildman–Crippen LogP) is 1.78. The fourth-order valence-electron chi connectivity index (χ4n) is 1.52. The van der Waals surface area contributed by atoms with Crippen molar-refractivity contribution in [2.75, 3.05) is 0 Å². The molecule has 104 valence electrons. The molecule has 0 fully saturated rings. The number of nitrogens with two attached hydrogens (primary N) is 1. The summed E-state index contributed by atoms with van der Waals surface area (Å²) in [6.07, 6.45) is 0. The van der Waals surface area contributed by atoms with Gasteiger partial charge in [0.1, 0.15) is 11.2 Å². The number of oxime groups is 1. The van der Waals surface area contributed by atoms with Crippen molar-refractivity contribution in [3.8, 4) is 0 Å². The maximum absolute atomic E-state index is 13.6. The molecular formula is C13H18FN3O2. The van der Waals surface area contributed by atoms with E-state index in [0.29, 0.717) is 5.56 Å². The van der Waals surface area contributed by atoms with E-state index in [1.807, 2.05) is 0 Å². The molecule has 0 aromatic heterocycles. The topological polar surface area (TPSA) is 87.7 Å². The highest BCUT2D eigenvalue weighted by atomic mass is 19.1. The number of hydrogen-bond donors (Lipinski definition) is 3. The van der Waals surface area contributed by atoms with Crippen LogP contribution in [0.3, 0.4) is 0 Å². The van der Waals surface area contributed by atoms with Gasteiger partial charge in [-0.15, -0.1) is 0 Å². The SMILES string of the molecule is CC(NC(=O)C(C)(C)C(N)=NO)c1ccccc1F. The summed E-state index contributed by atoms with van der Waals surface area (Å²) in [5.74, 6) is -1.04. The summed E-state index contributed by atoms with van der Waals surface area (Å²) in [6.45, 7) is 4.70. The van der Waals surface area contributed by atoms with Crippen LogP contribution in [0.1, 0.15) is 32.4 Å². The Labute approximate surface area is 111 Å². The van der Waals surface area contributed by atoms with Gasteiger partial charge in [-0.05, 0) is 26.8 Å². The van der Waals surface area contributed by atoms with Crippen LogP contribution in [0.2, 0.25) is 0 Å². The normalized spacial score (nSPS) is 14.0. The largest absolute Gasteiger partial charge is 0.409 e. The van der Waals surface area contributed by atoms with Gasteiger partial charge in [0.25, 0.3) is 0 Å². The lowest BCUT2D eigenvalue weighted by Gasteiger charge is -2.24. The molecule has 1 aromatic carbocycles. The monoisotopic (exact) mass is 267 g/mol. The number of amidine groups is 1. The molecule has 0 aliphatic heterocycles.